The first-order valence-corrected chi connectivity index (χ1v) is 6.31. The summed E-state index contributed by atoms with van der Waals surface area (Å²) in [6, 6.07) is 1.74. The van der Waals surface area contributed by atoms with Gasteiger partial charge in [0.1, 0.15) is 5.52 Å². The van der Waals surface area contributed by atoms with E-state index in [9.17, 15) is 4.79 Å². The second-order valence-corrected chi connectivity index (χ2v) is 5.12. The number of nitrogens with zero attached hydrogens (tertiary/aromatic N) is 3. The summed E-state index contributed by atoms with van der Waals surface area (Å²) in [6.45, 7) is 7.93. The first-order chi connectivity index (χ1) is 8.53. The van der Waals surface area contributed by atoms with Gasteiger partial charge in [0, 0.05) is 31.0 Å². The van der Waals surface area contributed by atoms with E-state index in [4.69, 9.17) is 0 Å². The number of hydrogen-bond acceptors (Lipinski definition) is 3. The van der Waals surface area contributed by atoms with Gasteiger partial charge in [-0.25, -0.2) is 4.52 Å². The number of aromatic nitrogens is 3. The van der Waals surface area contributed by atoms with E-state index in [1.165, 1.54) is 0 Å². The van der Waals surface area contributed by atoms with Crippen molar-refractivity contribution in [1.29, 1.82) is 0 Å². The van der Waals surface area contributed by atoms with E-state index >= 15 is 0 Å². The van der Waals surface area contributed by atoms with Crippen LogP contribution in [0.25, 0.3) is 5.52 Å². The summed E-state index contributed by atoms with van der Waals surface area (Å²) in [5, 5.41) is 7.49. The third-order valence-electron chi connectivity index (χ3n) is 3.38. The van der Waals surface area contributed by atoms with E-state index in [2.05, 4.69) is 31.2 Å². The number of fused-ring (bicyclic) bond motifs is 1. The van der Waals surface area contributed by atoms with Crippen molar-refractivity contribution in [2.24, 2.45) is 0 Å². The molecule has 0 radical (unpaired) electrons. The molecule has 0 fully saturated rings. The molecule has 0 unspecified atom stereocenters. The van der Waals surface area contributed by atoms with Crippen molar-refractivity contribution in [1.82, 2.24) is 19.5 Å². The van der Waals surface area contributed by atoms with Gasteiger partial charge >= 0.3 is 0 Å². The van der Waals surface area contributed by atoms with Gasteiger partial charge in [0.2, 0.25) is 0 Å². The Morgan fingerprint density at radius 2 is 2.17 bits per heavy atom. The average molecular weight is 248 g/mol. The molecule has 1 N–H and O–H groups in total. The largest absolute Gasteiger partial charge is 0.311 e. The zero-order chi connectivity index (χ0) is 13.2. The van der Waals surface area contributed by atoms with E-state index in [1.54, 1.807) is 27.5 Å². The van der Waals surface area contributed by atoms with Gasteiger partial charge in [-0.1, -0.05) is 6.92 Å². The Labute approximate surface area is 106 Å². The van der Waals surface area contributed by atoms with Gasteiger partial charge in [0.25, 0.3) is 5.56 Å². The molecule has 98 valence electrons. The first kappa shape index (κ1) is 12.8. The normalized spacial score (nSPS) is 12.2. The Hall–Kier alpha value is -1.62. The minimum absolute atomic E-state index is 0.00565. The van der Waals surface area contributed by atoms with Crippen molar-refractivity contribution in [2.45, 2.75) is 39.3 Å². The maximum Gasteiger partial charge on any atom is 0.276 e. The van der Waals surface area contributed by atoms with Crippen LogP contribution in [0.3, 0.4) is 0 Å². The maximum absolute atomic E-state index is 12.1. The molecule has 5 nitrogen and oxygen atoms in total. The molecule has 2 aromatic heterocycles. The SMILES string of the molecule is CCC(C)(C)NCCn1ccn2nccc2c1=O. The van der Waals surface area contributed by atoms with Gasteiger partial charge in [-0.15, -0.1) is 0 Å². The van der Waals surface area contributed by atoms with Gasteiger partial charge in [-0.05, 0) is 26.3 Å². The highest BCUT2D eigenvalue weighted by atomic mass is 16.1. The summed E-state index contributed by atoms with van der Waals surface area (Å²) in [7, 11) is 0. The van der Waals surface area contributed by atoms with Crippen LogP contribution in [0.2, 0.25) is 0 Å². The van der Waals surface area contributed by atoms with Crippen molar-refractivity contribution >= 4 is 5.52 Å². The number of nitrogens with one attached hydrogen (secondary N) is 1. The molecule has 0 saturated carbocycles. The Bertz CT molecular complexity index is 582. The molecule has 2 aromatic rings. The zero-order valence-corrected chi connectivity index (χ0v) is 11.2. The summed E-state index contributed by atoms with van der Waals surface area (Å²) in [5.41, 5.74) is 0.739. The van der Waals surface area contributed by atoms with Crippen LogP contribution in [0.15, 0.2) is 29.5 Å². The van der Waals surface area contributed by atoms with Crippen molar-refractivity contribution in [2.75, 3.05) is 6.54 Å². The summed E-state index contributed by atoms with van der Waals surface area (Å²) < 4.78 is 3.32. The van der Waals surface area contributed by atoms with Crippen molar-refractivity contribution in [3.05, 3.63) is 35.0 Å². The third-order valence-corrected chi connectivity index (χ3v) is 3.38. The molecule has 2 rings (SSSR count). The molecule has 0 amide bonds. The Morgan fingerprint density at radius 3 is 2.89 bits per heavy atom. The summed E-state index contributed by atoms with van der Waals surface area (Å²) in [5.74, 6) is 0. The molecular formula is C13H20N4O. The lowest BCUT2D eigenvalue weighted by Crippen LogP contribution is -2.41. The number of hydrogen-bond donors (Lipinski definition) is 1. The molecule has 2 heterocycles. The monoisotopic (exact) mass is 248 g/mol. The smallest absolute Gasteiger partial charge is 0.276 e. The van der Waals surface area contributed by atoms with Crippen molar-refractivity contribution < 1.29 is 0 Å². The minimum atomic E-state index is 0.00565. The fourth-order valence-electron chi connectivity index (χ4n) is 1.78. The van der Waals surface area contributed by atoms with E-state index in [0.29, 0.717) is 12.1 Å². The first-order valence-electron chi connectivity index (χ1n) is 6.31. The third kappa shape index (κ3) is 2.61. The molecule has 18 heavy (non-hydrogen) atoms. The molecule has 0 aliphatic heterocycles. The fourth-order valence-corrected chi connectivity index (χ4v) is 1.78. The van der Waals surface area contributed by atoms with Gasteiger partial charge in [-0.2, -0.15) is 5.10 Å². The van der Waals surface area contributed by atoms with Crippen LogP contribution in [0, 0.1) is 0 Å². The van der Waals surface area contributed by atoms with Crippen LogP contribution < -0.4 is 10.9 Å². The molecule has 0 aliphatic rings. The molecule has 0 saturated heterocycles. The van der Waals surface area contributed by atoms with Gasteiger partial charge in [-0.3, -0.25) is 4.79 Å². The summed E-state index contributed by atoms with van der Waals surface area (Å²) >= 11 is 0. The van der Waals surface area contributed by atoms with Gasteiger partial charge < -0.3 is 9.88 Å². The maximum atomic E-state index is 12.1. The average Bonchev–Trinajstić information content (AvgIpc) is 2.81. The summed E-state index contributed by atoms with van der Waals surface area (Å²) in [6.07, 6.45) is 6.29. The molecule has 0 spiro atoms. The van der Waals surface area contributed by atoms with Crippen LogP contribution >= 0.6 is 0 Å². The number of rotatable bonds is 5. The highest BCUT2D eigenvalue weighted by Crippen LogP contribution is 2.05. The lowest BCUT2D eigenvalue weighted by Gasteiger charge is -2.24. The topological polar surface area (TPSA) is 51.3 Å². The quantitative estimate of drug-likeness (QED) is 0.867. The van der Waals surface area contributed by atoms with E-state index in [1.807, 2.05) is 6.20 Å². The lowest BCUT2D eigenvalue weighted by atomic mass is 10.0. The van der Waals surface area contributed by atoms with Crippen LogP contribution in [0.4, 0.5) is 0 Å². The van der Waals surface area contributed by atoms with Crippen LogP contribution in [0.1, 0.15) is 27.2 Å². The zero-order valence-electron chi connectivity index (χ0n) is 11.2. The molecule has 0 bridgehead atoms. The second-order valence-electron chi connectivity index (χ2n) is 5.12. The Balaban J connectivity index is 2.08. The molecule has 5 heteroatoms. The van der Waals surface area contributed by atoms with E-state index in [0.717, 1.165) is 13.0 Å². The second kappa shape index (κ2) is 4.94. The molecule has 0 atom stereocenters. The molecule has 0 aliphatic carbocycles. The van der Waals surface area contributed by atoms with E-state index in [-0.39, 0.29) is 11.1 Å². The highest BCUT2D eigenvalue weighted by Gasteiger charge is 2.13. The Kier molecular flexibility index (Phi) is 3.52. The van der Waals surface area contributed by atoms with Crippen LogP contribution in [-0.2, 0) is 6.54 Å². The van der Waals surface area contributed by atoms with Gasteiger partial charge in [0.15, 0.2) is 0 Å². The van der Waals surface area contributed by atoms with Crippen LogP contribution in [0.5, 0.6) is 0 Å². The van der Waals surface area contributed by atoms with Crippen molar-refractivity contribution in [3.63, 3.8) is 0 Å². The van der Waals surface area contributed by atoms with Gasteiger partial charge in [0.05, 0.1) is 6.20 Å². The predicted molar refractivity (Wildman–Crippen MR) is 71.8 cm³/mol. The minimum Gasteiger partial charge on any atom is -0.311 e. The fraction of sp³-hybridized carbons (Fsp3) is 0.538. The van der Waals surface area contributed by atoms with Crippen molar-refractivity contribution in [3.8, 4) is 0 Å². The highest BCUT2D eigenvalue weighted by molar-refractivity contribution is 5.42. The molecular weight excluding hydrogens is 228 g/mol. The molecule has 0 aromatic carbocycles. The van der Waals surface area contributed by atoms with E-state index < -0.39 is 0 Å². The Morgan fingerprint density at radius 1 is 1.39 bits per heavy atom. The predicted octanol–water partition coefficient (Wildman–Crippen LogP) is 1.27. The summed E-state index contributed by atoms with van der Waals surface area (Å²) in [4.78, 5) is 12.1. The van der Waals surface area contributed by atoms with Crippen LogP contribution in [-0.4, -0.2) is 26.3 Å². The lowest BCUT2D eigenvalue weighted by molar-refractivity contribution is 0.366. The standard InChI is InChI=1S/C13H20N4O/c1-4-13(2,3)14-7-8-16-9-10-17-11(12(16)18)5-6-15-17/h5-6,9-10,14H,4,7-8H2,1-3H3.